The van der Waals surface area contributed by atoms with Gasteiger partial charge in [0.15, 0.2) is 0 Å². The zero-order valence-corrected chi connectivity index (χ0v) is 10.6. The monoisotopic (exact) mass is 217 g/mol. The van der Waals surface area contributed by atoms with Crippen molar-refractivity contribution < 1.29 is 0 Å². The van der Waals surface area contributed by atoms with E-state index < -0.39 is 0 Å². The minimum absolute atomic E-state index is 0.628. The van der Waals surface area contributed by atoms with E-state index in [-0.39, 0.29) is 0 Å². The third-order valence-electron chi connectivity index (χ3n) is 4.24. The molecule has 0 saturated heterocycles. The smallest absolute Gasteiger partial charge is 0.0208 e. The molecule has 0 spiro atoms. The van der Waals surface area contributed by atoms with Crippen LogP contribution in [-0.2, 0) is 6.54 Å². The van der Waals surface area contributed by atoms with Gasteiger partial charge in [-0.15, -0.1) is 0 Å². The molecule has 0 heterocycles. The first-order valence-corrected chi connectivity index (χ1v) is 6.51. The molecule has 1 aliphatic rings. The van der Waals surface area contributed by atoms with Crippen molar-refractivity contribution in [3.05, 3.63) is 35.4 Å². The lowest BCUT2D eigenvalue weighted by molar-refractivity contribution is 0.124. The Balaban J connectivity index is 1.82. The summed E-state index contributed by atoms with van der Waals surface area (Å²) in [6.07, 6.45) is 5.60. The molecular weight excluding hydrogens is 194 g/mol. The van der Waals surface area contributed by atoms with Crippen LogP contribution in [0.1, 0.15) is 43.7 Å². The summed E-state index contributed by atoms with van der Waals surface area (Å²) in [6, 6.07) is 8.65. The highest BCUT2D eigenvalue weighted by Crippen LogP contribution is 2.43. The zero-order valence-electron chi connectivity index (χ0n) is 10.6. The first kappa shape index (κ1) is 11.7. The molecule has 0 amide bonds. The lowest BCUT2D eigenvalue weighted by Gasteiger charge is -2.41. The summed E-state index contributed by atoms with van der Waals surface area (Å²) in [5, 5.41) is 3.64. The van der Waals surface area contributed by atoms with Gasteiger partial charge < -0.3 is 5.32 Å². The van der Waals surface area contributed by atoms with Gasteiger partial charge in [-0.25, -0.2) is 0 Å². The molecular formula is C15H23N. The number of hydrogen-bond acceptors (Lipinski definition) is 1. The summed E-state index contributed by atoms with van der Waals surface area (Å²) in [5.41, 5.74) is 3.46. The van der Waals surface area contributed by atoms with E-state index in [9.17, 15) is 0 Å². The standard InChI is InChI=1S/C15H23N/c1-3-15(9-6-10-15)12-16-11-14-8-5-4-7-13(14)2/h4-5,7-8,16H,3,6,9-12H2,1-2H3. The third-order valence-corrected chi connectivity index (χ3v) is 4.24. The van der Waals surface area contributed by atoms with E-state index in [2.05, 4.69) is 43.4 Å². The fourth-order valence-corrected chi connectivity index (χ4v) is 2.60. The van der Waals surface area contributed by atoms with Gasteiger partial charge in [0.2, 0.25) is 0 Å². The van der Waals surface area contributed by atoms with E-state index in [0.29, 0.717) is 5.41 Å². The number of aryl methyl sites for hydroxylation is 1. The van der Waals surface area contributed by atoms with E-state index >= 15 is 0 Å². The minimum atomic E-state index is 0.628. The molecule has 2 rings (SSSR count). The molecule has 1 N–H and O–H groups in total. The molecule has 1 nitrogen and oxygen atoms in total. The number of hydrogen-bond donors (Lipinski definition) is 1. The quantitative estimate of drug-likeness (QED) is 0.793. The summed E-state index contributed by atoms with van der Waals surface area (Å²) in [6.45, 7) is 6.73. The fourth-order valence-electron chi connectivity index (χ4n) is 2.60. The molecule has 1 heteroatoms. The molecule has 1 aromatic rings. The highest BCUT2D eigenvalue weighted by molar-refractivity contribution is 5.25. The summed E-state index contributed by atoms with van der Waals surface area (Å²) in [4.78, 5) is 0. The Morgan fingerprint density at radius 2 is 2.00 bits per heavy atom. The Morgan fingerprint density at radius 3 is 2.56 bits per heavy atom. The Kier molecular flexibility index (Phi) is 3.65. The molecule has 16 heavy (non-hydrogen) atoms. The van der Waals surface area contributed by atoms with Crippen molar-refractivity contribution in [2.24, 2.45) is 5.41 Å². The third kappa shape index (κ3) is 2.46. The second-order valence-corrected chi connectivity index (χ2v) is 5.24. The van der Waals surface area contributed by atoms with Crippen LogP contribution >= 0.6 is 0 Å². The zero-order chi connectivity index (χ0) is 11.4. The van der Waals surface area contributed by atoms with Gasteiger partial charge in [-0.2, -0.15) is 0 Å². The van der Waals surface area contributed by atoms with Crippen LogP contribution in [0.4, 0.5) is 0 Å². The van der Waals surface area contributed by atoms with Crippen molar-refractivity contribution >= 4 is 0 Å². The Morgan fingerprint density at radius 1 is 1.25 bits per heavy atom. The van der Waals surface area contributed by atoms with Crippen LogP contribution < -0.4 is 5.32 Å². The van der Waals surface area contributed by atoms with Crippen molar-refractivity contribution in [2.45, 2.75) is 46.1 Å². The van der Waals surface area contributed by atoms with Crippen LogP contribution in [-0.4, -0.2) is 6.54 Å². The highest BCUT2D eigenvalue weighted by Gasteiger charge is 2.34. The number of nitrogens with one attached hydrogen (secondary N) is 1. The second kappa shape index (κ2) is 5.01. The van der Waals surface area contributed by atoms with Crippen molar-refractivity contribution in [3.8, 4) is 0 Å². The summed E-state index contributed by atoms with van der Waals surface area (Å²) >= 11 is 0. The largest absolute Gasteiger partial charge is 0.312 e. The molecule has 0 unspecified atom stereocenters. The Hall–Kier alpha value is -0.820. The van der Waals surface area contributed by atoms with Gasteiger partial charge in [-0.1, -0.05) is 37.6 Å². The average Bonchev–Trinajstić information content (AvgIpc) is 2.25. The minimum Gasteiger partial charge on any atom is -0.312 e. The normalized spacial score (nSPS) is 18.1. The second-order valence-electron chi connectivity index (χ2n) is 5.24. The van der Waals surface area contributed by atoms with Crippen molar-refractivity contribution in [2.75, 3.05) is 6.54 Å². The predicted octanol–water partition coefficient (Wildman–Crippen LogP) is 3.66. The summed E-state index contributed by atoms with van der Waals surface area (Å²) in [5.74, 6) is 0. The predicted molar refractivity (Wildman–Crippen MR) is 69.5 cm³/mol. The van der Waals surface area contributed by atoms with Crippen LogP contribution in [0, 0.1) is 12.3 Å². The fraction of sp³-hybridized carbons (Fsp3) is 0.600. The first-order chi connectivity index (χ1) is 7.76. The number of benzene rings is 1. The van der Waals surface area contributed by atoms with Gasteiger partial charge in [-0.05, 0) is 42.7 Å². The van der Waals surface area contributed by atoms with Crippen molar-refractivity contribution in [1.29, 1.82) is 0 Å². The van der Waals surface area contributed by atoms with Gasteiger partial charge >= 0.3 is 0 Å². The molecule has 0 aromatic heterocycles. The maximum absolute atomic E-state index is 3.64. The molecule has 0 aliphatic heterocycles. The van der Waals surface area contributed by atoms with Crippen LogP contribution in [0.15, 0.2) is 24.3 Å². The van der Waals surface area contributed by atoms with E-state index in [4.69, 9.17) is 0 Å². The van der Waals surface area contributed by atoms with Crippen LogP contribution in [0.2, 0.25) is 0 Å². The SMILES string of the molecule is CCC1(CNCc2ccccc2C)CCC1. The van der Waals surface area contributed by atoms with Crippen molar-refractivity contribution in [1.82, 2.24) is 5.32 Å². The summed E-state index contributed by atoms with van der Waals surface area (Å²) < 4.78 is 0. The molecule has 1 aliphatic carbocycles. The molecule has 1 saturated carbocycles. The average molecular weight is 217 g/mol. The van der Waals surface area contributed by atoms with Crippen LogP contribution in [0.5, 0.6) is 0 Å². The van der Waals surface area contributed by atoms with E-state index in [1.165, 1.54) is 43.4 Å². The summed E-state index contributed by atoms with van der Waals surface area (Å²) in [7, 11) is 0. The number of rotatable bonds is 5. The Bertz CT molecular complexity index is 334. The van der Waals surface area contributed by atoms with Gasteiger partial charge in [0.05, 0.1) is 0 Å². The molecule has 0 radical (unpaired) electrons. The Labute approximate surface area is 99.3 Å². The highest BCUT2D eigenvalue weighted by atomic mass is 14.9. The lowest BCUT2D eigenvalue weighted by atomic mass is 9.67. The maximum Gasteiger partial charge on any atom is 0.0208 e. The molecule has 1 aromatic carbocycles. The van der Waals surface area contributed by atoms with E-state index in [0.717, 1.165) is 6.54 Å². The van der Waals surface area contributed by atoms with E-state index in [1.807, 2.05) is 0 Å². The molecule has 1 fully saturated rings. The van der Waals surface area contributed by atoms with E-state index in [1.54, 1.807) is 0 Å². The van der Waals surface area contributed by atoms with Crippen molar-refractivity contribution in [3.63, 3.8) is 0 Å². The van der Waals surface area contributed by atoms with Gasteiger partial charge in [-0.3, -0.25) is 0 Å². The topological polar surface area (TPSA) is 12.0 Å². The van der Waals surface area contributed by atoms with Crippen LogP contribution in [0.25, 0.3) is 0 Å². The van der Waals surface area contributed by atoms with Gasteiger partial charge in [0.25, 0.3) is 0 Å². The van der Waals surface area contributed by atoms with Gasteiger partial charge in [0, 0.05) is 13.1 Å². The molecule has 0 atom stereocenters. The lowest BCUT2D eigenvalue weighted by Crippen LogP contribution is -2.39. The molecule has 0 bridgehead atoms. The van der Waals surface area contributed by atoms with Gasteiger partial charge in [0.1, 0.15) is 0 Å². The maximum atomic E-state index is 3.64. The molecule has 88 valence electrons. The first-order valence-electron chi connectivity index (χ1n) is 6.51. The van der Waals surface area contributed by atoms with Crippen LogP contribution in [0.3, 0.4) is 0 Å².